The zero-order chi connectivity index (χ0) is 53.6. The van der Waals surface area contributed by atoms with Crippen LogP contribution in [-0.4, -0.2) is 37.2 Å². The second-order valence-electron chi connectivity index (χ2n) is 20.6. The van der Waals surface area contributed by atoms with Crippen molar-refractivity contribution in [2.24, 2.45) is 0 Å². The van der Waals surface area contributed by atoms with E-state index in [0.29, 0.717) is 19.3 Å². The number of hydrogen-bond acceptors (Lipinski definition) is 6. The van der Waals surface area contributed by atoms with Crippen molar-refractivity contribution in [3.63, 3.8) is 0 Å². The number of allylic oxidation sites excluding steroid dienone is 16. The summed E-state index contributed by atoms with van der Waals surface area (Å²) in [6, 6.07) is 0. The SMILES string of the molecule is CC/C=C\C/C=C\C/C=C\C/C=C\CCCCCCCCC(=O)OCC(COC(=O)CCCCCCC\C=C/C=C\C=C/CCCCCCC)OC(=O)CCCCCCCCC/C=C\CCCCCCCCCC. The first kappa shape index (κ1) is 70.3. The third-order valence-corrected chi connectivity index (χ3v) is 13.4. The standard InChI is InChI=1S/C68H116O6/c1-4-7-10-13-16-19-22-25-28-31-34-37-40-43-46-49-52-55-58-61-67(70)73-64-65(63-72-66(69)60-57-54-51-48-45-42-39-36-33-30-27-24-21-18-15-12-9-6-3)74-68(71)62-59-56-53-50-47-44-41-38-35-32-29-26-23-20-17-14-11-8-5-2/h7,10,16,19,24-25,27-28,30,32-37,39,65H,4-6,8-9,11-15,17-18,20-23,26,29,31,38,40-64H2,1-3H3/b10-7-,19-16-,27-24-,28-25-,33-30-,35-32-,37-34-,39-36-. The number of hydrogen-bond donors (Lipinski definition) is 0. The van der Waals surface area contributed by atoms with Gasteiger partial charge in [0.25, 0.3) is 0 Å². The van der Waals surface area contributed by atoms with Gasteiger partial charge < -0.3 is 14.2 Å². The van der Waals surface area contributed by atoms with Gasteiger partial charge in [-0.3, -0.25) is 14.4 Å². The van der Waals surface area contributed by atoms with Gasteiger partial charge in [0, 0.05) is 19.3 Å². The molecule has 0 saturated carbocycles. The lowest BCUT2D eigenvalue weighted by atomic mass is 10.1. The summed E-state index contributed by atoms with van der Waals surface area (Å²) in [5.74, 6) is -0.922. The molecule has 74 heavy (non-hydrogen) atoms. The van der Waals surface area contributed by atoms with E-state index in [2.05, 4.69) is 118 Å². The molecule has 6 heteroatoms. The van der Waals surface area contributed by atoms with Gasteiger partial charge in [-0.05, 0) is 109 Å². The molecule has 0 bridgehead atoms. The van der Waals surface area contributed by atoms with Crippen molar-refractivity contribution in [2.75, 3.05) is 13.2 Å². The average Bonchev–Trinajstić information content (AvgIpc) is 3.40. The molecule has 1 unspecified atom stereocenters. The molecule has 0 N–H and O–H groups in total. The van der Waals surface area contributed by atoms with Crippen LogP contribution in [0.15, 0.2) is 97.2 Å². The van der Waals surface area contributed by atoms with Crippen molar-refractivity contribution in [3.05, 3.63) is 97.2 Å². The van der Waals surface area contributed by atoms with Gasteiger partial charge in [0.15, 0.2) is 6.10 Å². The lowest BCUT2D eigenvalue weighted by molar-refractivity contribution is -0.167. The quantitative estimate of drug-likeness (QED) is 0.0199. The molecule has 0 spiro atoms. The van der Waals surface area contributed by atoms with E-state index < -0.39 is 6.10 Å². The van der Waals surface area contributed by atoms with Gasteiger partial charge in [-0.1, -0.05) is 266 Å². The molecule has 1 atom stereocenters. The van der Waals surface area contributed by atoms with Gasteiger partial charge in [-0.2, -0.15) is 0 Å². The fourth-order valence-electron chi connectivity index (χ4n) is 8.67. The monoisotopic (exact) mass is 1030 g/mol. The molecular weight excluding hydrogens is 913 g/mol. The maximum absolute atomic E-state index is 12.9. The Morgan fingerprint density at radius 3 is 0.946 bits per heavy atom. The number of rotatable bonds is 56. The fraction of sp³-hybridized carbons (Fsp3) is 0.721. The molecule has 0 radical (unpaired) electrons. The molecule has 0 rings (SSSR count). The van der Waals surface area contributed by atoms with Crippen LogP contribution in [-0.2, 0) is 28.6 Å². The highest BCUT2D eigenvalue weighted by molar-refractivity contribution is 5.71. The molecule has 6 nitrogen and oxygen atoms in total. The normalized spacial score (nSPS) is 12.7. The molecule has 424 valence electrons. The van der Waals surface area contributed by atoms with E-state index in [9.17, 15) is 14.4 Å². The highest BCUT2D eigenvalue weighted by Crippen LogP contribution is 2.15. The maximum atomic E-state index is 12.9. The van der Waals surface area contributed by atoms with E-state index >= 15 is 0 Å². The van der Waals surface area contributed by atoms with Gasteiger partial charge in [0.05, 0.1) is 0 Å². The summed E-state index contributed by atoms with van der Waals surface area (Å²) in [4.78, 5) is 38.3. The van der Waals surface area contributed by atoms with Gasteiger partial charge in [-0.15, -0.1) is 0 Å². The first-order valence-corrected chi connectivity index (χ1v) is 31.3. The largest absolute Gasteiger partial charge is 0.462 e. The van der Waals surface area contributed by atoms with E-state index in [-0.39, 0.29) is 31.1 Å². The van der Waals surface area contributed by atoms with E-state index in [4.69, 9.17) is 14.2 Å². The summed E-state index contributed by atoms with van der Waals surface area (Å²) in [6.45, 7) is 6.50. The molecule has 0 aromatic carbocycles. The van der Waals surface area contributed by atoms with Crippen molar-refractivity contribution in [1.29, 1.82) is 0 Å². The minimum atomic E-state index is -0.797. The second-order valence-corrected chi connectivity index (χ2v) is 20.6. The summed E-state index contributed by atoms with van der Waals surface area (Å²) in [5.41, 5.74) is 0. The molecule has 0 fully saturated rings. The topological polar surface area (TPSA) is 78.9 Å². The lowest BCUT2D eigenvalue weighted by Crippen LogP contribution is -2.30. The Balaban J connectivity index is 4.46. The van der Waals surface area contributed by atoms with Crippen molar-refractivity contribution >= 4 is 17.9 Å². The van der Waals surface area contributed by atoms with Crippen molar-refractivity contribution in [1.82, 2.24) is 0 Å². The van der Waals surface area contributed by atoms with Crippen LogP contribution >= 0.6 is 0 Å². The highest BCUT2D eigenvalue weighted by Gasteiger charge is 2.19. The molecule has 0 aromatic heterocycles. The summed E-state index contributed by atoms with van der Waals surface area (Å²) in [6.07, 6.45) is 82.5. The molecule has 0 aliphatic carbocycles. The van der Waals surface area contributed by atoms with Crippen LogP contribution in [0.1, 0.15) is 297 Å². The summed E-state index contributed by atoms with van der Waals surface area (Å²) in [5, 5.41) is 0. The van der Waals surface area contributed by atoms with Gasteiger partial charge in [-0.25, -0.2) is 0 Å². The van der Waals surface area contributed by atoms with E-state index in [1.807, 2.05) is 0 Å². The molecule has 0 aliphatic rings. The minimum Gasteiger partial charge on any atom is -0.462 e. The van der Waals surface area contributed by atoms with Crippen LogP contribution in [0.5, 0.6) is 0 Å². The Bertz CT molecular complexity index is 1460. The Kier molecular flexibility index (Phi) is 58.8. The molecular formula is C68H116O6. The minimum absolute atomic E-state index is 0.0936. The van der Waals surface area contributed by atoms with Gasteiger partial charge in [0.1, 0.15) is 13.2 Å². The van der Waals surface area contributed by atoms with E-state index in [1.165, 1.54) is 135 Å². The summed E-state index contributed by atoms with van der Waals surface area (Å²) >= 11 is 0. The highest BCUT2D eigenvalue weighted by atomic mass is 16.6. The van der Waals surface area contributed by atoms with Crippen LogP contribution in [0.3, 0.4) is 0 Å². The first-order valence-electron chi connectivity index (χ1n) is 31.3. The summed E-state index contributed by atoms with van der Waals surface area (Å²) < 4.78 is 16.9. The molecule has 0 heterocycles. The van der Waals surface area contributed by atoms with E-state index in [1.54, 1.807) is 0 Å². The van der Waals surface area contributed by atoms with Crippen LogP contribution < -0.4 is 0 Å². The maximum Gasteiger partial charge on any atom is 0.306 e. The third-order valence-electron chi connectivity index (χ3n) is 13.4. The second kappa shape index (κ2) is 61.9. The predicted octanol–water partition coefficient (Wildman–Crippen LogP) is 21.3. The number of esters is 3. The van der Waals surface area contributed by atoms with Gasteiger partial charge >= 0.3 is 17.9 Å². The Labute approximate surface area is 457 Å². The third kappa shape index (κ3) is 59.2. The Morgan fingerprint density at radius 1 is 0.297 bits per heavy atom. The van der Waals surface area contributed by atoms with Gasteiger partial charge in [0.2, 0.25) is 0 Å². The van der Waals surface area contributed by atoms with Crippen molar-refractivity contribution in [2.45, 2.75) is 303 Å². The smallest absolute Gasteiger partial charge is 0.306 e. The molecule has 0 amide bonds. The number of unbranched alkanes of at least 4 members (excludes halogenated alkanes) is 31. The van der Waals surface area contributed by atoms with E-state index in [0.717, 1.165) is 122 Å². The first-order chi connectivity index (χ1) is 36.5. The molecule has 0 saturated heterocycles. The Hall–Kier alpha value is -3.67. The van der Waals surface area contributed by atoms with Crippen molar-refractivity contribution < 1.29 is 28.6 Å². The number of carbonyl (C=O) groups is 3. The van der Waals surface area contributed by atoms with Crippen molar-refractivity contribution in [3.8, 4) is 0 Å². The number of ether oxygens (including phenoxy) is 3. The van der Waals surface area contributed by atoms with Crippen LogP contribution in [0.25, 0.3) is 0 Å². The predicted molar refractivity (Wildman–Crippen MR) is 320 cm³/mol. The Morgan fingerprint density at radius 2 is 0.581 bits per heavy atom. The zero-order valence-corrected chi connectivity index (χ0v) is 48.6. The molecule has 0 aromatic rings. The zero-order valence-electron chi connectivity index (χ0n) is 48.6. The summed E-state index contributed by atoms with van der Waals surface area (Å²) in [7, 11) is 0. The van der Waals surface area contributed by atoms with Crippen LogP contribution in [0.2, 0.25) is 0 Å². The fourth-order valence-corrected chi connectivity index (χ4v) is 8.67. The molecule has 0 aliphatic heterocycles. The van der Waals surface area contributed by atoms with Crippen LogP contribution in [0.4, 0.5) is 0 Å². The average molecular weight is 1030 g/mol. The number of carbonyl (C=O) groups excluding carboxylic acids is 3. The lowest BCUT2D eigenvalue weighted by Gasteiger charge is -2.18. The van der Waals surface area contributed by atoms with Crippen LogP contribution in [0, 0.1) is 0 Å².